The average Bonchev–Trinajstić information content (AvgIpc) is 2.38. The summed E-state index contributed by atoms with van der Waals surface area (Å²) in [6, 6.07) is 3.49. The fourth-order valence-electron chi connectivity index (χ4n) is 1.38. The summed E-state index contributed by atoms with van der Waals surface area (Å²) in [7, 11) is 1.83. The highest BCUT2D eigenvalue weighted by Crippen LogP contribution is 2.09. The van der Waals surface area contributed by atoms with Crippen molar-refractivity contribution < 1.29 is 9.59 Å². The Morgan fingerprint density at radius 2 is 2.24 bits per heavy atom. The lowest BCUT2D eigenvalue weighted by atomic mass is 10.3. The number of aldehydes is 1. The van der Waals surface area contributed by atoms with Crippen LogP contribution in [0.25, 0.3) is 0 Å². The molecule has 0 radical (unpaired) electrons. The Morgan fingerprint density at radius 1 is 1.41 bits per heavy atom. The van der Waals surface area contributed by atoms with E-state index < -0.39 is 0 Å². The quantitative estimate of drug-likeness (QED) is 0.366. The highest BCUT2D eigenvalue weighted by atomic mass is 16.1. The molecule has 0 aromatic carbocycles. The number of carbonyl (C=O) groups excluding carboxylic acids is 2. The van der Waals surface area contributed by atoms with Gasteiger partial charge in [0, 0.05) is 24.8 Å². The number of amides is 1. The third kappa shape index (κ3) is 4.20. The highest BCUT2D eigenvalue weighted by Gasteiger charge is 2.06. The van der Waals surface area contributed by atoms with Crippen LogP contribution < -0.4 is 15.5 Å². The summed E-state index contributed by atoms with van der Waals surface area (Å²) in [5.41, 5.74) is 0.546. The van der Waals surface area contributed by atoms with Gasteiger partial charge in [-0.1, -0.05) is 0 Å². The summed E-state index contributed by atoms with van der Waals surface area (Å²) >= 11 is 0. The topological polar surface area (TPSA) is 74.3 Å². The molecule has 6 nitrogen and oxygen atoms in total. The first-order valence-corrected chi connectivity index (χ1v) is 5.29. The van der Waals surface area contributed by atoms with Gasteiger partial charge < -0.3 is 15.5 Å². The molecule has 1 aromatic rings. The van der Waals surface area contributed by atoms with Gasteiger partial charge in [-0.2, -0.15) is 0 Å². The highest BCUT2D eigenvalue weighted by molar-refractivity contribution is 5.74. The molecule has 1 heterocycles. The summed E-state index contributed by atoms with van der Waals surface area (Å²) in [6.45, 7) is 1.81. The van der Waals surface area contributed by atoms with Gasteiger partial charge in [-0.25, -0.2) is 4.98 Å². The normalized spacial score (nSPS) is 9.71. The van der Waals surface area contributed by atoms with Gasteiger partial charge in [0.1, 0.15) is 5.82 Å². The van der Waals surface area contributed by atoms with Crippen molar-refractivity contribution in [1.29, 1.82) is 0 Å². The molecule has 0 aliphatic heterocycles. The Labute approximate surface area is 100 Å². The Bertz CT molecular complexity index is 353. The Hall–Kier alpha value is -1.95. The van der Waals surface area contributed by atoms with Crippen molar-refractivity contribution in [3.63, 3.8) is 0 Å². The van der Waals surface area contributed by atoms with Crippen LogP contribution in [-0.4, -0.2) is 44.5 Å². The number of anilines is 1. The molecule has 1 aromatic heterocycles. The molecule has 1 rings (SSSR count). The van der Waals surface area contributed by atoms with Crippen molar-refractivity contribution in [3.05, 3.63) is 23.9 Å². The lowest BCUT2D eigenvalue weighted by Crippen LogP contribution is -2.37. The lowest BCUT2D eigenvalue weighted by molar-refractivity contribution is -0.109. The van der Waals surface area contributed by atoms with Crippen LogP contribution in [0.15, 0.2) is 18.3 Å². The average molecular weight is 236 g/mol. The van der Waals surface area contributed by atoms with Crippen molar-refractivity contribution in [2.24, 2.45) is 0 Å². The Balaban J connectivity index is 2.66. The smallest absolute Gasteiger partial charge is 0.207 e. The van der Waals surface area contributed by atoms with Gasteiger partial charge >= 0.3 is 0 Å². The van der Waals surface area contributed by atoms with E-state index in [1.807, 2.05) is 11.9 Å². The standard InChI is InChI=1S/C11H16N4O2/c1-12-8-15(5-4-13-9-17)11-3-2-10(7-16)6-14-11/h2-3,6-7,9,12H,4-5,8H2,1H3,(H,13,17). The number of pyridine rings is 1. The Kier molecular flexibility index (Phi) is 5.67. The summed E-state index contributed by atoms with van der Waals surface area (Å²) < 4.78 is 0. The molecule has 0 spiro atoms. The maximum atomic E-state index is 10.5. The van der Waals surface area contributed by atoms with Crippen LogP contribution >= 0.6 is 0 Å². The first-order valence-electron chi connectivity index (χ1n) is 5.29. The second-order valence-corrected chi connectivity index (χ2v) is 3.41. The summed E-state index contributed by atoms with van der Waals surface area (Å²) in [6.07, 6.45) is 2.95. The van der Waals surface area contributed by atoms with Crippen LogP contribution in [-0.2, 0) is 4.79 Å². The molecule has 17 heavy (non-hydrogen) atoms. The van der Waals surface area contributed by atoms with Crippen LogP contribution in [0.4, 0.5) is 5.82 Å². The van der Waals surface area contributed by atoms with E-state index in [2.05, 4.69) is 15.6 Å². The minimum Gasteiger partial charge on any atom is -0.357 e. The summed E-state index contributed by atoms with van der Waals surface area (Å²) in [4.78, 5) is 26.8. The van der Waals surface area contributed by atoms with Crippen LogP contribution in [0.1, 0.15) is 10.4 Å². The molecule has 6 heteroatoms. The van der Waals surface area contributed by atoms with E-state index in [1.54, 1.807) is 12.1 Å². The van der Waals surface area contributed by atoms with Gasteiger partial charge in [-0.05, 0) is 19.2 Å². The van der Waals surface area contributed by atoms with Crippen LogP contribution in [0, 0.1) is 0 Å². The van der Waals surface area contributed by atoms with Gasteiger partial charge in [0.05, 0.1) is 6.67 Å². The molecular formula is C11H16N4O2. The number of carbonyl (C=O) groups is 2. The lowest BCUT2D eigenvalue weighted by Gasteiger charge is -2.23. The second kappa shape index (κ2) is 7.34. The second-order valence-electron chi connectivity index (χ2n) is 3.41. The van der Waals surface area contributed by atoms with E-state index in [-0.39, 0.29) is 0 Å². The maximum absolute atomic E-state index is 10.5. The van der Waals surface area contributed by atoms with Crippen molar-refractivity contribution in [1.82, 2.24) is 15.6 Å². The van der Waals surface area contributed by atoms with Crippen molar-refractivity contribution >= 4 is 18.5 Å². The number of hydrogen-bond acceptors (Lipinski definition) is 5. The van der Waals surface area contributed by atoms with Crippen LogP contribution in [0.3, 0.4) is 0 Å². The minimum atomic E-state index is 0.544. The summed E-state index contributed by atoms with van der Waals surface area (Å²) in [5.74, 6) is 0.762. The molecule has 0 aliphatic carbocycles. The molecule has 0 bridgehead atoms. The fraction of sp³-hybridized carbons (Fsp3) is 0.364. The van der Waals surface area contributed by atoms with E-state index in [0.717, 1.165) is 12.1 Å². The summed E-state index contributed by atoms with van der Waals surface area (Å²) in [5, 5.41) is 5.62. The van der Waals surface area contributed by atoms with Gasteiger partial charge in [0.15, 0.2) is 6.29 Å². The molecular weight excluding hydrogens is 220 g/mol. The zero-order chi connectivity index (χ0) is 12.5. The van der Waals surface area contributed by atoms with Crippen molar-refractivity contribution in [3.8, 4) is 0 Å². The molecule has 0 saturated carbocycles. The van der Waals surface area contributed by atoms with E-state index >= 15 is 0 Å². The third-order valence-electron chi connectivity index (χ3n) is 2.19. The van der Waals surface area contributed by atoms with Crippen LogP contribution in [0.2, 0.25) is 0 Å². The molecule has 2 N–H and O–H groups in total. The molecule has 0 unspecified atom stereocenters. The van der Waals surface area contributed by atoms with E-state index in [0.29, 0.717) is 31.7 Å². The Morgan fingerprint density at radius 3 is 2.76 bits per heavy atom. The number of hydrogen-bond donors (Lipinski definition) is 2. The monoisotopic (exact) mass is 236 g/mol. The first-order chi connectivity index (χ1) is 8.31. The zero-order valence-electron chi connectivity index (χ0n) is 9.72. The van der Waals surface area contributed by atoms with Gasteiger partial charge in [-0.15, -0.1) is 0 Å². The van der Waals surface area contributed by atoms with E-state index in [9.17, 15) is 9.59 Å². The molecule has 0 atom stereocenters. The molecule has 1 amide bonds. The predicted molar refractivity (Wildman–Crippen MR) is 65.0 cm³/mol. The minimum absolute atomic E-state index is 0.544. The molecule has 0 fully saturated rings. The fourth-order valence-corrected chi connectivity index (χ4v) is 1.38. The third-order valence-corrected chi connectivity index (χ3v) is 2.19. The number of nitrogens with zero attached hydrogens (tertiary/aromatic N) is 2. The van der Waals surface area contributed by atoms with Gasteiger partial charge in [-0.3, -0.25) is 9.59 Å². The molecule has 92 valence electrons. The van der Waals surface area contributed by atoms with E-state index in [4.69, 9.17) is 0 Å². The van der Waals surface area contributed by atoms with Crippen LogP contribution in [0.5, 0.6) is 0 Å². The van der Waals surface area contributed by atoms with Gasteiger partial charge in [0.25, 0.3) is 0 Å². The number of aromatic nitrogens is 1. The predicted octanol–water partition coefficient (Wildman–Crippen LogP) is -0.377. The molecule has 0 saturated heterocycles. The van der Waals surface area contributed by atoms with Gasteiger partial charge in [0.2, 0.25) is 6.41 Å². The van der Waals surface area contributed by atoms with Crippen molar-refractivity contribution in [2.45, 2.75) is 0 Å². The maximum Gasteiger partial charge on any atom is 0.207 e. The SMILES string of the molecule is CNCN(CCNC=O)c1ccc(C=O)cn1. The van der Waals surface area contributed by atoms with E-state index in [1.165, 1.54) is 6.20 Å². The first kappa shape index (κ1) is 13.1. The number of nitrogens with one attached hydrogen (secondary N) is 2. The molecule has 0 aliphatic rings. The number of rotatable bonds is 8. The zero-order valence-corrected chi connectivity index (χ0v) is 9.72. The largest absolute Gasteiger partial charge is 0.357 e. The van der Waals surface area contributed by atoms with Crippen molar-refractivity contribution in [2.75, 3.05) is 31.7 Å².